The van der Waals surface area contributed by atoms with Crippen LogP contribution in [0.1, 0.15) is 26.7 Å². The van der Waals surface area contributed by atoms with Crippen LogP contribution in [0, 0.1) is 0 Å². The highest BCUT2D eigenvalue weighted by atomic mass is 16.1. The molecule has 0 N–H and O–H groups in total. The van der Waals surface area contributed by atoms with Gasteiger partial charge in [-0.2, -0.15) is 0 Å². The summed E-state index contributed by atoms with van der Waals surface area (Å²) in [6.07, 6.45) is 28.9. The first-order valence-electron chi connectivity index (χ1n) is 7.64. The highest BCUT2D eigenvalue weighted by molar-refractivity contribution is 6.11. The third-order valence-corrected chi connectivity index (χ3v) is 3.12. The summed E-state index contributed by atoms with van der Waals surface area (Å²) < 4.78 is 0. The van der Waals surface area contributed by atoms with Crippen molar-refractivity contribution in [2.45, 2.75) is 26.7 Å². The van der Waals surface area contributed by atoms with Gasteiger partial charge in [0.25, 0.3) is 0 Å². The smallest absolute Gasteiger partial charge is 0.185 e. The Balaban J connectivity index is 2.58. The van der Waals surface area contributed by atoms with Crippen LogP contribution in [-0.4, -0.2) is 5.78 Å². The Kier molecular flexibility index (Phi) is 9.04. The van der Waals surface area contributed by atoms with Gasteiger partial charge >= 0.3 is 0 Å². The molecule has 1 saturated carbocycles. The van der Waals surface area contributed by atoms with E-state index in [0.717, 1.165) is 24.0 Å². The van der Waals surface area contributed by atoms with Crippen LogP contribution in [0.5, 0.6) is 0 Å². The van der Waals surface area contributed by atoms with Gasteiger partial charge in [-0.05, 0) is 26.7 Å². The van der Waals surface area contributed by atoms with Crippen LogP contribution in [0.2, 0.25) is 0 Å². The van der Waals surface area contributed by atoms with E-state index in [0.29, 0.717) is 0 Å². The number of carbonyl (C=O) groups is 1. The number of allylic oxidation sites excluding steroid dienone is 16. The van der Waals surface area contributed by atoms with E-state index in [1.54, 1.807) is 0 Å². The fourth-order valence-electron chi connectivity index (χ4n) is 1.97. The van der Waals surface area contributed by atoms with Gasteiger partial charge in [-0.1, -0.05) is 85.1 Å². The lowest BCUT2D eigenvalue weighted by molar-refractivity contribution is -0.111. The van der Waals surface area contributed by atoms with Crippen LogP contribution in [-0.2, 0) is 4.79 Å². The maximum atomic E-state index is 12.2. The van der Waals surface area contributed by atoms with Gasteiger partial charge in [0.2, 0.25) is 0 Å². The number of carbonyl (C=O) groups excluding carboxylic acids is 1. The van der Waals surface area contributed by atoms with Gasteiger partial charge in [0.05, 0.1) is 0 Å². The maximum absolute atomic E-state index is 12.2. The van der Waals surface area contributed by atoms with Crippen molar-refractivity contribution in [3.63, 3.8) is 0 Å². The molecule has 1 aliphatic carbocycles. The Labute approximate surface area is 134 Å². The summed E-state index contributed by atoms with van der Waals surface area (Å²) in [4.78, 5) is 12.2. The largest absolute Gasteiger partial charge is 0.289 e. The molecule has 0 bridgehead atoms. The quantitative estimate of drug-likeness (QED) is 0.461. The molecule has 0 heterocycles. The van der Waals surface area contributed by atoms with E-state index in [2.05, 4.69) is 0 Å². The second kappa shape index (κ2) is 11.3. The average molecular weight is 292 g/mol. The van der Waals surface area contributed by atoms with Gasteiger partial charge in [0.15, 0.2) is 5.78 Å². The van der Waals surface area contributed by atoms with E-state index < -0.39 is 0 Å². The highest BCUT2D eigenvalue weighted by Gasteiger charge is 2.21. The SMILES string of the molecule is C/C=C/C=C/C=C/C=C1\CC\C(=C/C=C/C=C/C=C/C)C1=O. The Morgan fingerprint density at radius 3 is 1.36 bits per heavy atom. The molecule has 0 unspecified atom stereocenters. The first kappa shape index (κ1) is 17.6. The zero-order chi connectivity index (χ0) is 16.0. The van der Waals surface area contributed by atoms with Gasteiger partial charge in [0, 0.05) is 11.1 Å². The minimum absolute atomic E-state index is 0.171. The average Bonchev–Trinajstić information content (AvgIpc) is 2.87. The predicted molar refractivity (Wildman–Crippen MR) is 96.6 cm³/mol. The van der Waals surface area contributed by atoms with Gasteiger partial charge in [-0.25, -0.2) is 0 Å². The lowest BCUT2D eigenvalue weighted by Gasteiger charge is -1.91. The molecule has 0 aromatic carbocycles. The summed E-state index contributed by atoms with van der Waals surface area (Å²) in [5.41, 5.74) is 1.78. The maximum Gasteiger partial charge on any atom is 0.185 e. The number of ketones is 1. The summed E-state index contributed by atoms with van der Waals surface area (Å²) in [6.45, 7) is 3.96. The molecule has 0 aliphatic heterocycles. The molecule has 1 aliphatic rings. The molecule has 1 heteroatoms. The minimum Gasteiger partial charge on any atom is -0.289 e. The van der Waals surface area contributed by atoms with E-state index >= 15 is 0 Å². The number of hydrogen-bond acceptors (Lipinski definition) is 1. The lowest BCUT2D eigenvalue weighted by atomic mass is 10.1. The normalized spacial score (nSPS) is 20.9. The fraction of sp³-hybridized carbons (Fsp3) is 0.190. The van der Waals surface area contributed by atoms with E-state index in [1.807, 2.05) is 98.9 Å². The molecular formula is C21H24O. The highest BCUT2D eigenvalue weighted by Crippen LogP contribution is 2.26. The number of hydrogen-bond donors (Lipinski definition) is 0. The molecule has 1 rings (SSSR count). The van der Waals surface area contributed by atoms with Gasteiger partial charge in [-0.15, -0.1) is 0 Å². The predicted octanol–water partition coefficient (Wildman–Crippen LogP) is 5.58. The van der Waals surface area contributed by atoms with E-state index in [9.17, 15) is 4.79 Å². The molecule has 0 aromatic heterocycles. The van der Waals surface area contributed by atoms with Crippen LogP contribution in [0.4, 0.5) is 0 Å². The number of Topliss-reactive ketones (excluding diaryl/α,β-unsaturated/α-hetero) is 1. The molecule has 0 saturated heterocycles. The van der Waals surface area contributed by atoms with Crippen molar-refractivity contribution in [2.75, 3.05) is 0 Å². The minimum atomic E-state index is 0.171. The molecule has 0 spiro atoms. The van der Waals surface area contributed by atoms with Gasteiger partial charge < -0.3 is 0 Å². The van der Waals surface area contributed by atoms with Crippen molar-refractivity contribution in [3.05, 3.63) is 96.2 Å². The Bertz CT molecular complexity index is 535. The summed E-state index contributed by atoms with van der Waals surface area (Å²) in [7, 11) is 0. The second-order valence-corrected chi connectivity index (χ2v) is 4.80. The van der Waals surface area contributed by atoms with E-state index in [1.165, 1.54) is 0 Å². The molecule has 0 atom stereocenters. The topological polar surface area (TPSA) is 17.1 Å². The van der Waals surface area contributed by atoms with Crippen LogP contribution in [0.3, 0.4) is 0 Å². The van der Waals surface area contributed by atoms with Crippen LogP contribution in [0.15, 0.2) is 96.2 Å². The van der Waals surface area contributed by atoms with E-state index in [4.69, 9.17) is 0 Å². The van der Waals surface area contributed by atoms with Crippen LogP contribution in [0.25, 0.3) is 0 Å². The number of rotatable bonds is 6. The Hall–Kier alpha value is -2.41. The van der Waals surface area contributed by atoms with Crippen molar-refractivity contribution < 1.29 is 4.79 Å². The van der Waals surface area contributed by atoms with Crippen LogP contribution < -0.4 is 0 Å². The zero-order valence-electron chi connectivity index (χ0n) is 13.4. The molecule has 114 valence electrons. The summed E-state index contributed by atoms with van der Waals surface area (Å²) >= 11 is 0. The fourth-order valence-corrected chi connectivity index (χ4v) is 1.97. The standard InChI is InChI=1S/C21H24O/c1-3-5-7-9-11-13-15-19-17-18-20(21(19)22)16-14-12-10-8-6-4-2/h3-16H,17-18H2,1-2H3/b5-3+,6-4+,9-7+,10-8+,13-11+,14-12+,19-15+,20-16+. The van der Waals surface area contributed by atoms with Crippen molar-refractivity contribution in [2.24, 2.45) is 0 Å². The molecular weight excluding hydrogens is 268 g/mol. The molecule has 0 aromatic rings. The first-order valence-corrected chi connectivity index (χ1v) is 7.64. The van der Waals surface area contributed by atoms with Gasteiger partial charge in [0.1, 0.15) is 0 Å². The third-order valence-electron chi connectivity index (χ3n) is 3.12. The molecule has 1 nitrogen and oxygen atoms in total. The second-order valence-electron chi connectivity index (χ2n) is 4.80. The van der Waals surface area contributed by atoms with Gasteiger partial charge in [-0.3, -0.25) is 4.79 Å². The van der Waals surface area contributed by atoms with Crippen molar-refractivity contribution >= 4 is 5.78 Å². The molecule has 1 fully saturated rings. The van der Waals surface area contributed by atoms with Crippen LogP contribution >= 0.6 is 0 Å². The van der Waals surface area contributed by atoms with Crippen molar-refractivity contribution in [3.8, 4) is 0 Å². The lowest BCUT2D eigenvalue weighted by Crippen LogP contribution is -1.94. The third kappa shape index (κ3) is 6.85. The molecule has 0 amide bonds. The van der Waals surface area contributed by atoms with Crippen molar-refractivity contribution in [1.29, 1.82) is 0 Å². The monoisotopic (exact) mass is 292 g/mol. The summed E-state index contributed by atoms with van der Waals surface area (Å²) in [5.74, 6) is 0.171. The Morgan fingerprint density at radius 1 is 0.591 bits per heavy atom. The summed E-state index contributed by atoms with van der Waals surface area (Å²) in [6, 6.07) is 0. The van der Waals surface area contributed by atoms with Crippen molar-refractivity contribution in [1.82, 2.24) is 0 Å². The Morgan fingerprint density at radius 2 is 0.955 bits per heavy atom. The zero-order valence-corrected chi connectivity index (χ0v) is 13.4. The molecule has 0 radical (unpaired) electrons. The first-order chi connectivity index (χ1) is 10.8. The summed E-state index contributed by atoms with van der Waals surface area (Å²) in [5, 5.41) is 0. The van der Waals surface area contributed by atoms with E-state index in [-0.39, 0.29) is 5.78 Å². The molecule has 22 heavy (non-hydrogen) atoms.